The van der Waals surface area contributed by atoms with Crippen LogP contribution < -0.4 is 4.74 Å². The molecule has 1 atom stereocenters. The summed E-state index contributed by atoms with van der Waals surface area (Å²) in [5, 5.41) is 17.0. The van der Waals surface area contributed by atoms with Gasteiger partial charge in [0.2, 0.25) is 0 Å². The summed E-state index contributed by atoms with van der Waals surface area (Å²) in [6, 6.07) is 0. The average Bonchev–Trinajstić information content (AvgIpc) is 3.17. The second kappa shape index (κ2) is 7.12. The summed E-state index contributed by atoms with van der Waals surface area (Å²) in [5.41, 5.74) is 0. The Morgan fingerprint density at radius 2 is 2.32 bits per heavy atom. The van der Waals surface area contributed by atoms with E-state index in [2.05, 4.69) is 30.3 Å². The third-order valence-electron chi connectivity index (χ3n) is 3.40. The van der Waals surface area contributed by atoms with E-state index < -0.39 is 0 Å². The largest absolute Gasteiger partial charge is 0.469 e. The molecule has 1 aliphatic rings. The van der Waals surface area contributed by atoms with Crippen molar-refractivity contribution in [2.24, 2.45) is 0 Å². The van der Waals surface area contributed by atoms with Gasteiger partial charge in [-0.25, -0.2) is 4.98 Å². The minimum Gasteiger partial charge on any atom is -0.469 e. The molecule has 9 heteroatoms. The van der Waals surface area contributed by atoms with Crippen LogP contribution >= 0.6 is 11.3 Å². The highest BCUT2D eigenvalue weighted by molar-refractivity contribution is 7.13. The molecule has 0 saturated carbocycles. The van der Waals surface area contributed by atoms with E-state index in [9.17, 15) is 0 Å². The molecule has 0 aromatic carbocycles. The molecular weight excluding hydrogens is 304 g/mol. The van der Waals surface area contributed by atoms with Crippen molar-refractivity contribution >= 4 is 11.3 Å². The fraction of sp³-hybridized carbons (Fsp3) is 0.692. The fourth-order valence-electron chi connectivity index (χ4n) is 2.29. The third-order valence-corrected chi connectivity index (χ3v) is 4.22. The number of nitrogens with zero attached hydrogens (tertiary/aromatic N) is 5. The highest BCUT2D eigenvalue weighted by Gasteiger charge is 2.26. The number of hydrogen-bond donors (Lipinski definition) is 1. The first-order valence-electron chi connectivity index (χ1n) is 7.48. The van der Waals surface area contributed by atoms with Crippen molar-refractivity contribution in [1.29, 1.82) is 0 Å². The van der Waals surface area contributed by atoms with Crippen molar-refractivity contribution in [2.45, 2.75) is 32.9 Å². The Labute approximate surface area is 132 Å². The summed E-state index contributed by atoms with van der Waals surface area (Å²) in [5.74, 6) is 1.62. The quantitative estimate of drug-likeness (QED) is 0.853. The van der Waals surface area contributed by atoms with Crippen LogP contribution in [0.2, 0.25) is 0 Å². The van der Waals surface area contributed by atoms with Gasteiger partial charge in [0.05, 0.1) is 19.8 Å². The topological polar surface area (TPSA) is 89.0 Å². The molecule has 1 N–H and O–H groups in total. The van der Waals surface area contributed by atoms with Gasteiger partial charge in [-0.15, -0.1) is 10.2 Å². The smallest absolute Gasteiger partial charge is 0.294 e. The summed E-state index contributed by atoms with van der Waals surface area (Å²) in [6.45, 7) is 7.63. The van der Waals surface area contributed by atoms with Crippen LogP contribution in [0.15, 0.2) is 0 Å². The number of nitrogens with one attached hydrogen (secondary N) is 1. The second-order valence-corrected chi connectivity index (χ2v) is 6.01. The molecule has 0 aliphatic carbocycles. The van der Waals surface area contributed by atoms with Crippen molar-refractivity contribution in [3.8, 4) is 5.19 Å². The molecule has 0 unspecified atom stereocenters. The third kappa shape index (κ3) is 3.60. The van der Waals surface area contributed by atoms with E-state index in [1.807, 2.05) is 13.8 Å². The molecule has 120 valence electrons. The molecule has 22 heavy (non-hydrogen) atoms. The first kappa shape index (κ1) is 15.3. The van der Waals surface area contributed by atoms with Gasteiger partial charge < -0.3 is 9.47 Å². The van der Waals surface area contributed by atoms with E-state index in [4.69, 9.17) is 9.47 Å². The maximum absolute atomic E-state index is 5.79. The number of ether oxygens (including phenoxy) is 2. The number of H-pyrrole nitrogens is 1. The lowest BCUT2D eigenvalue weighted by molar-refractivity contribution is -0.0371. The zero-order valence-corrected chi connectivity index (χ0v) is 13.6. The zero-order chi connectivity index (χ0) is 15.4. The number of hydrogen-bond acceptors (Lipinski definition) is 8. The van der Waals surface area contributed by atoms with Gasteiger partial charge in [0, 0.05) is 19.5 Å². The number of aromatic amines is 1. The summed E-state index contributed by atoms with van der Waals surface area (Å²) in [6.07, 6.45) is 0.749. The molecule has 1 aliphatic heterocycles. The lowest BCUT2D eigenvalue weighted by atomic mass is 10.2. The SMILES string of the molecule is CCOc1nnc(CN2CCO[C@H](c3n[nH]c(CC)n3)C2)s1. The van der Waals surface area contributed by atoms with Crippen molar-refractivity contribution in [1.82, 2.24) is 30.3 Å². The lowest BCUT2D eigenvalue weighted by Gasteiger charge is -2.30. The maximum Gasteiger partial charge on any atom is 0.294 e. The van der Waals surface area contributed by atoms with Crippen LogP contribution in [-0.4, -0.2) is 56.6 Å². The molecule has 1 saturated heterocycles. The van der Waals surface area contributed by atoms with Crippen LogP contribution in [0.25, 0.3) is 0 Å². The van der Waals surface area contributed by atoms with E-state index in [1.165, 1.54) is 11.3 Å². The van der Waals surface area contributed by atoms with Gasteiger partial charge in [-0.1, -0.05) is 18.3 Å². The highest BCUT2D eigenvalue weighted by Crippen LogP contribution is 2.23. The van der Waals surface area contributed by atoms with Gasteiger partial charge in [0.15, 0.2) is 5.82 Å². The Balaban J connectivity index is 1.60. The summed E-state index contributed by atoms with van der Waals surface area (Å²) >= 11 is 1.49. The second-order valence-electron chi connectivity index (χ2n) is 4.98. The normalized spacial score (nSPS) is 19.5. The molecular formula is C13H20N6O2S. The molecule has 1 fully saturated rings. The van der Waals surface area contributed by atoms with Crippen molar-refractivity contribution in [3.05, 3.63) is 16.7 Å². The zero-order valence-electron chi connectivity index (χ0n) is 12.8. The predicted octanol–water partition coefficient (Wildman–Crippen LogP) is 1.19. The minimum absolute atomic E-state index is 0.0930. The number of morpholine rings is 1. The number of aromatic nitrogens is 5. The molecule has 0 spiro atoms. The van der Waals surface area contributed by atoms with Gasteiger partial charge in [0.25, 0.3) is 5.19 Å². The van der Waals surface area contributed by atoms with Gasteiger partial charge in [-0.05, 0) is 6.92 Å². The first-order chi connectivity index (χ1) is 10.8. The van der Waals surface area contributed by atoms with Crippen LogP contribution in [0.3, 0.4) is 0 Å². The van der Waals surface area contributed by atoms with E-state index in [1.54, 1.807) is 0 Å². The fourth-order valence-corrected chi connectivity index (χ4v) is 3.08. The molecule has 3 heterocycles. The molecule has 0 bridgehead atoms. The molecule has 0 radical (unpaired) electrons. The van der Waals surface area contributed by atoms with Crippen LogP contribution in [0.4, 0.5) is 0 Å². The molecule has 2 aromatic heterocycles. The van der Waals surface area contributed by atoms with Crippen molar-refractivity contribution in [3.63, 3.8) is 0 Å². The Morgan fingerprint density at radius 1 is 1.41 bits per heavy atom. The van der Waals surface area contributed by atoms with Crippen LogP contribution in [-0.2, 0) is 17.7 Å². The molecule has 8 nitrogen and oxygen atoms in total. The summed E-state index contributed by atoms with van der Waals surface area (Å²) in [4.78, 5) is 6.74. The van der Waals surface area contributed by atoms with E-state index in [0.29, 0.717) is 18.4 Å². The van der Waals surface area contributed by atoms with Gasteiger partial charge in [0.1, 0.15) is 16.9 Å². The van der Waals surface area contributed by atoms with Crippen molar-refractivity contribution in [2.75, 3.05) is 26.3 Å². The predicted molar refractivity (Wildman–Crippen MR) is 80.8 cm³/mol. The highest BCUT2D eigenvalue weighted by atomic mass is 32.1. The Kier molecular flexibility index (Phi) is 4.96. The van der Waals surface area contributed by atoms with E-state index >= 15 is 0 Å². The maximum atomic E-state index is 5.79. The van der Waals surface area contributed by atoms with E-state index in [-0.39, 0.29) is 6.10 Å². The Morgan fingerprint density at radius 3 is 3.09 bits per heavy atom. The Hall–Kier alpha value is -1.58. The van der Waals surface area contributed by atoms with Crippen LogP contribution in [0.1, 0.15) is 36.6 Å². The molecule has 3 rings (SSSR count). The lowest BCUT2D eigenvalue weighted by Crippen LogP contribution is -2.38. The molecule has 0 amide bonds. The first-order valence-corrected chi connectivity index (χ1v) is 8.30. The summed E-state index contributed by atoms with van der Waals surface area (Å²) < 4.78 is 11.1. The minimum atomic E-state index is -0.0930. The van der Waals surface area contributed by atoms with Gasteiger partial charge >= 0.3 is 0 Å². The van der Waals surface area contributed by atoms with E-state index in [0.717, 1.165) is 42.7 Å². The number of rotatable bonds is 6. The monoisotopic (exact) mass is 324 g/mol. The number of aryl methyl sites for hydroxylation is 1. The molecule has 2 aromatic rings. The van der Waals surface area contributed by atoms with Gasteiger partial charge in [-0.3, -0.25) is 10.00 Å². The van der Waals surface area contributed by atoms with Crippen LogP contribution in [0, 0.1) is 0 Å². The Bertz CT molecular complexity index is 601. The van der Waals surface area contributed by atoms with Crippen molar-refractivity contribution < 1.29 is 9.47 Å². The van der Waals surface area contributed by atoms with Gasteiger partial charge in [-0.2, -0.15) is 5.10 Å². The summed E-state index contributed by atoms with van der Waals surface area (Å²) in [7, 11) is 0. The standard InChI is InChI=1S/C13H20N6O2S/c1-3-10-14-12(17-15-10)9-7-19(5-6-21-9)8-11-16-18-13(22-11)20-4-2/h9H,3-8H2,1-2H3,(H,14,15,17)/t9-/m0/s1. The van der Waals surface area contributed by atoms with Crippen LogP contribution in [0.5, 0.6) is 5.19 Å². The average molecular weight is 324 g/mol.